The Morgan fingerprint density at radius 2 is 1.78 bits per heavy atom. The first-order valence-electron chi connectivity index (χ1n) is 12.3. The van der Waals surface area contributed by atoms with Crippen molar-refractivity contribution < 1.29 is 14.6 Å². The smallest absolute Gasteiger partial charge is 0.308 e. The minimum absolute atomic E-state index is 0.0421. The molecule has 1 aromatic rings. The number of rotatable bonds is 8. The van der Waals surface area contributed by atoms with Crippen LogP contribution in [0.3, 0.4) is 0 Å². The number of benzene rings is 1. The molecular formula is C25H40N4O3. The van der Waals surface area contributed by atoms with Gasteiger partial charge in [-0.3, -0.25) is 4.79 Å². The maximum atomic E-state index is 12.0. The highest BCUT2D eigenvalue weighted by Crippen LogP contribution is 2.26. The van der Waals surface area contributed by atoms with E-state index in [9.17, 15) is 9.90 Å². The number of aliphatic hydroxyl groups is 1. The molecule has 1 aromatic carbocycles. The van der Waals surface area contributed by atoms with Crippen LogP contribution in [0.5, 0.6) is 0 Å². The highest BCUT2D eigenvalue weighted by molar-refractivity contribution is 5.80. The van der Waals surface area contributed by atoms with Gasteiger partial charge in [0.2, 0.25) is 0 Å². The van der Waals surface area contributed by atoms with E-state index < -0.39 is 0 Å². The van der Waals surface area contributed by atoms with Crippen molar-refractivity contribution >= 4 is 17.6 Å². The van der Waals surface area contributed by atoms with E-state index in [4.69, 9.17) is 9.73 Å². The molecule has 2 fully saturated rings. The van der Waals surface area contributed by atoms with Crippen LogP contribution in [0.25, 0.3) is 0 Å². The molecule has 0 bridgehead atoms. The van der Waals surface area contributed by atoms with Gasteiger partial charge in [0.1, 0.15) is 0 Å². The number of esters is 1. The van der Waals surface area contributed by atoms with Gasteiger partial charge >= 0.3 is 5.97 Å². The average molecular weight is 445 g/mol. The molecule has 3 N–H and O–H groups in total. The van der Waals surface area contributed by atoms with Gasteiger partial charge in [0.25, 0.3) is 0 Å². The molecule has 0 amide bonds. The Bertz CT molecular complexity index is 721. The summed E-state index contributed by atoms with van der Waals surface area (Å²) in [5.74, 6) is 1.28. The number of nitrogens with zero attached hydrogens (tertiary/aromatic N) is 2. The zero-order valence-electron chi connectivity index (χ0n) is 19.7. The van der Waals surface area contributed by atoms with Crippen LogP contribution in [0.1, 0.15) is 57.9 Å². The lowest BCUT2D eigenvalue weighted by Crippen LogP contribution is -2.45. The van der Waals surface area contributed by atoms with Gasteiger partial charge in [0, 0.05) is 38.0 Å². The minimum Gasteiger partial charge on any atom is -0.466 e. The van der Waals surface area contributed by atoms with E-state index in [0.29, 0.717) is 31.7 Å². The van der Waals surface area contributed by atoms with Crippen molar-refractivity contribution in [3.63, 3.8) is 0 Å². The van der Waals surface area contributed by atoms with Crippen molar-refractivity contribution in [2.75, 3.05) is 37.7 Å². The predicted octanol–water partition coefficient (Wildman–Crippen LogP) is 3.07. The summed E-state index contributed by atoms with van der Waals surface area (Å²) in [6.45, 7) is 8.15. The van der Waals surface area contributed by atoms with Crippen molar-refractivity contribution in [2.45, 2.75) is 65.0 Å². The zero-order chi connectivity index (χ0) is 22.8. The van der Waals surface area contributed by atoms with Crippen molar-refractivity contribution in [3.8, 4) is 0 Å². The second kappa shape index (κ2) is 12.7. The number of anilines is 1. The van der Waals surface area contributed by atoms with Crippen LogP contribution in [-0.2, 0) is 16.1 Å². The maximum absolute atomic E-state index is 12.0. The highest BCUT2D eigenvalue weighted by atomic mass is 16.5. The number of nitrogens with one attached hydrogen (secondary N) is 2. The fourth-order valence-corrected chi connectivity index (χ4v) is 4.60. The summed E-state index contributed by atoms with van der Waals surface area (Å²) in [5.41, 5.74) is 2.43. The number of ether oxygens (including phenoxy) is 1. The van der Waals surface area contributed by atoms with Gasteiger partial charge in [-0.1, -0.05) is 12.1 Å². The molecule has 1 heterocycles. The van der Waals surface area contributed by atoms with Gasteiger partial charge in [-0.25, -0.2) is 4.99 Å². The predicted molar refractivity (Wildman–Crippen MR) is 129 cm³/mol. The third-order valence-corrected chi connectivity index (χ3v) is 6.63. The topological polar surface area (TPSA) is 86.2 Å². The third-order valence-electron chi connectivity index (χ3n) is 6.63. The monoisotopic (exact) mass is 444 g/mol. The molecule has 0 atom stereocenters. The van der Waals surface area contributed by atoms with E-state index in [1.54, 1.807) is 0 Å². The van der Waals surface area contributed by atoms with Crippen molar-refractivity contribution in [2.24, 2.45) is 16.8 Å². The quantitative estimate of drug-likeness (QED) is 0.325. The summed E-state index contributed by atoms with van der Waals surface area (Å²) >= 11 is 0. The number of carbonyl (C=O) groups is 1. The lowest BCUT2D eigenvalue weighted by atomic mass is 9.86. The second-order valence-corrected chi connectivity index (χ2v) is 8.92. The molecule has 1 aliphatic heterocycles. The van der Waals surface area contributed by atoms with Crippen molar-refractivity contribution in [1.82, 2.24) is 10.6 Å². The summed E-state index contributed by atoms with van der Waals surface area (Å²) in [6, 6.07) is 9.01. The number of aliphatic imine (C=N–C) groups is 1. The Hall–Kier alpha value is -2.28. The first-order valence-corrected chi connectivity index (χ1v) is 12.3. The Morgan fingerprint density at radius 1 is 1.09 bits per heavy atom. The molecule has 0 unspecified atom stereocenters. The summed E-state index contributed by atoms with van der Waals surface area (Å²) in [4.78, 5) is 19.1. The van der Waals surface area contributed by atoms with Gasteiger partial charge in [0.15, 0.2) is 5.96 Å². The summed E-state index contributed by atoms with van der Waals surface area (Å²) in [6.07, 6.45) is 5.76. The van der Waals surface area contributed by atoms with Gasteiger partial charge in [-0.2, -0.15) is 0 Å². The third kappa shape index (κ3) is 7.12. The maximum Gasteiger partial charge on any atom is 0.308 e. The Morgan fingerprint density at radius 3 is 2.38 bits per heavy atom. The molecule has 0 aromatic heterocycles. The van der Waals surface area contributed by atoms with Crippen LogP contribution in [0.4, 0.5) is 5.69 Å². The molecule has 1 saturated heterocycles. The summed E-state index contributed by atoms with van der Waals surface area (Å²) in [5, 5.41) is 16.2. The van der Waals surface area contributed by atoms with Gasteiger partial charge < -0.3 is 25.4 Å². The fraction of sp³-hybridized carbons (Fsp3) is 0.680. The minimum atomic E-state index is -0.0484. The number of hydrogen-bond acceptors (Lipinski definition) is 5. The Kier molecular flexibility index (Phi) is 9.65. The van der Waals surface area contributed by atoms with Gasteiger partial charge in [-0.15, -0.1) is 0 Å². The van der Waals surface area contributed by atoms with E-state index in [-0.39, 0.29) is 11.9 Å². The largest absolute Gasteiger partial charge is 0.466 e. The first kappa shape index (κ1) is 24.4. The fourth-order valence-electron chi connectivity index (χ4n) is 4.60. The molecule has 3 rings (SSSR count). The molecule has 1 saturated carbocycles. The lowest BCUT2D eigenvalue weighted by Gasteiger charge is -2.32. The normalized spacial score (nSPS) is 22.5. The molecule has 0 spiro atoms. The first-order chi connectivity index (χ1) is 15.6. The number of guanidine groups is 1. The number of carbonyl (C=O) groups excluding carboxylic acids is 1. The molecule has 178 valence electrons. The standard InChI is InChI=1S/C25H40N4O3/c1-3-26-25(28-22-9-7-21(8-10-22)24(31)32-4-2)27-17-19-5-11-23(12-6-19)29-15-13-20(18-30)14-16-29/h5-6,11-12,20-22,30H,3-4,7-10,13-18H2,1-2H3,(H2,26,27,28). The summed E-state index contributed by atoms with van der Waals surface area (Å²) in [7, 11) is 0. The van der Waals surface area contributed by atoms with E-state index in [2.05, 4.69) is 46.7 Å². The Balaban J connectivity index is 1.49. The number of aliphatic hydroxyl groups excluding tert-OH is 1. The molecule has 1 aliphatic carbocycles. The van der Waals surface area contributed by atoms with Gasteiger partial charge in [0.05, 0.1) is 19.1 Å². The second-order valence-electron chi connectivity index (χ2n) is 8.92. The summed E-state index contributed by atoms with van der Waals surface area (Å²) < 4.78 is 5.17. The van der Waals surface area contributed by atoms with Crippen LogP contribution in [-0.4, -0.2) is 55.9 Å². The molecule has 0 radical (unpaired) electrons. The van der Waals surface area contributed by atoms with Crippen LogP contribution in [0, 0.1) is 11.8 Å². The molecule has 7 heteroatoms. The molecule has 2 aliphatic rings. The molecule has 7 nitrogen and oxygen atoms in total. The van der Waals surface area contributed by atoms with Crippen molar-refractivity contribution in [3.05, 3.63) is 29.8 Å². The lowest BCUT2D eigenvalue weighted by molar-refractivity contribution is -0.149. The van der Waals surface area contributed by atoms with Crippen LogP contribution in [0.2, 0.25) is 0 Å². The van der Waals surface area contributed by atoms with Crippen LogP contribution >= 0.6 is 0 Å². The molecule has 32 heavy (non-hydrogen) atoms. The van der Waals surface area contributed by atoms with Crippen LogP contribution < -0.4 is 15.5 Å². The number of hydrogen-bond donors (Lipinski definition) is 3. The average Bonchev–Trinajstić information content (AvgIpc) is 2.84. The van der Waals surface area contributed by atoms with Crippen molar-refractivity contribution in [1.29, 1.82) is 0 Å². The van der Waals surface area contributed by atoms with E-state index in [1.807, 2.05) is 6.92 Å². The zero-order valence-corrected chi connectivity index (χ0v) is 19.7. The SMILES string of the molecule is CCNC(=NCc1ccc(N2CCC(CO)CC2)cc1)NC1CCC(C(=O)OCC)CC1. The number of piperidine rings is 1. The van der Waals surface area contributed by atoms with Crippen LogP contribution in [0.15, 0.2) is 29.3 Å². The van der Waals surface area contributed by atoms with Gasteiger partial charge in [-0.05, 0) is 76.0 Å². The van der Waals surface area contributed by atoms with E-state index in [1.165, 1.54) is 11.3 Å². The van der Waals surface area contributed by atoms with E-state index >= 15 is 0 Å². The highest BCUT2D eigenvalue weighted by Gasteiger charge is 2.27. The Labute approximate surface area is 192 Å². The van der Waals surface area contributed by atoms with E-state index in [0.717, 1.165) is 64.1 Å². The molecular weight excluding hydrogens is 404 g/mol.